The summed E-state index contributed by atoms with van der Waals surface area (Å²) in [4.78, 5) is 17.1. The average Bonchev–Trinajstić information content (AvgIpc) is 3.27. The van der Waals surface area contributed by atoms with Crippen LogP contribution in [-0.2, 0) is 6.54 Å². The number of aromatic nitrogens is 3. The normalized spacial score (nSPS) is 10.7. The van der Waals surface area contributed by atoms with Crippen LogP contribution in [0.2, 0.25) is 0 Å². The summed E-state index contributed by atoms with van der Waals surface area (Å²) < 4.78 is 1.09. The fourth-order valence-electron chi connectivity index (χ4n) is 2.28. The summed E-state index contributed by atoms with van der Waals surface area (Å²) >= 11 is 2.76. The van der Waals surface area contributed by atoms with Crippen LogP contribution < -0.4 is 10.6 Å². The van der Waals surface area contributed by atoms with E-state index in [2.05, 4.69) is 25.8 Å². The van der Waals surface area contributed by atoms with Crippen molar-refractivity contribution < 1.29 is 4.79 Å². The second kappa shape index (κ2) is 6.96. The lowest BCUT2D eigenvalue weighted by molar-refractivity contribution is 0.103. The van der Waals surface area contributed by atoms with Gasteiger partial charge in [0.25, 0.3) is 5.91 Å². The molecule has 0 aliphatic carbocycles. The maximum absolute atomic E-state index is 12.4. The number of hydrogen-bond donors (Lipinski definition) is 2. The molecule has 25 heavy (non-hydrogen) atoms. The number of nitrogens with zero attached hydrogens (tertiary/aromatic N) is 3. The molecule has 0 atom stereocenters. The van der Waals surface area contributed by atoms with Crippen molar-refractivity contribution in [2.45, 2.75) is 6.54 Å². The number of carbonyl (C=O) groups is 1. The van der Waals surface area contributed by atoms with E-state index in [0.717, 1.165) is 15.6 Å². The molecule has 1 amide bonds. The molecular weight excluding hydrogens is 354 g/mol. The summed E-state index contributed by atoms with van der Waals surface area (Å²) in [6.07, 6.45) is 3.52. The number of nitrogens with one attached hydrogen (secondary N) is 2. The molecule has 2 N–H and O–H groups in total. The van der Waals surface area contributed by atoms with Gasteiger partial charge in [0.1, 0.15) is 0 Å². The summed E-state index contributed by atoms with van der Waals surface area (Å²) in [6, 6.07) is 13.7. The van der Waals surface area contributed by atoms with E-state index in [1.165, 1.54) is 22.7 Å². The van der Waals surface area contributed by atoms with Gasteiger partial charge in [-0.2, -0.15) is 0 Å². The van der Waals surface area contributed by atoms with E-state index >= 15 is 0 Å². The maximum atomic E-state index is 12.4. The Labute approximate surface area is 151 Å². The second-order valence-electron chi connectivity index (χ2n) is 5.23. The molecule has 0 radical (unpaired) electrons. The van der Waals surface area contributed by atoms with E-state index in [1.54, 1.807) is 12.4 Å². The van der Waals surface area contributed by atoms with E-state index in [-0.39, 0.29) is 5.91 Å². The highest BCUT2D eigenvalue weighted by atomic mass is 32.1. The molecule has 124 valence electrons. The topological polar surface area (TPSA) is 79.8 Å². The zero-order valence-corrected chi connectivity index (χ0v) is 14.6. The Morgan fingerprint density at radius 3 is 2.76 bits per heavy atom. The van der Waals surface area contributed by atoms with Crippen LogP contribution in [0.3, 0.4) is 0 Å². The molecule has 6 nitrogen and oxygen atoms in total. The van der Waals surface area contributed by atoms with E-state index < -0.39 is 0 Å². The van der Waals surface area contributed by atoms with Gasteiger partial charge in [-0.15, -0.1) is 21.5 Å². The Kier molecular flexibility index (Phi) is 4.36. The Bertz CT molecular complexity index is 979. The van der Waals surface area contributed by atoms with Crippen LogP contribution in [0.1, 0.15) is 15.2 Å². The smallest absolute Gasteiger partial charge is 0.267 e. The van der Waals surface area contributed by atoms with Gasteiger partial charge in [-0.3, -0.25) is 15.1 Å². The molecule has 0 aliphatic rings. The first-order chi connectivity index (χ1) is 12.3. The monoisotopic (exact) mass is 367 g/mol. The van der Waals surface area contributed by atoms with Crippen molar-refractivity contribution in [3.63, 3.8) is 0 Å². The molecule has 0 spiro atoms. The van der Waals surface area contributed by atoms with Crippen LogP contribution in [0, 0.1) is 0 Å². The van der Waals surface area contributed by atoms with Gasteiger partial charge in [0.2, 0.25) is 10.3 Å². The lowest BCUT2D eigenvalue weighted by atomic mass is 10.2. The molecule has 4 aromatic rings. The third-order valence-corrected chi connectivity index (χ3v) is 5.37. The molecule has 0 aliphatic heterocycles. The minimum Gasteiger partial charge on any atom is -0.356 e. The van der Waals surface area contributed by atoms with Gasteiger partial charge in [-0.1, -0.05) is 35.6 Å². The second-order valence-corrected chi connectivity index (χ2v) is 7.29. The van der Waals surface area contributed by atoms with E-state index in [0.29, 0.717) is 21.7 Å². The first kappa shape index (κ1) is 15.7. The van der Waals surface area contributed by atoms with Crippen LogP contribution >= 0.6 is 22.7 Å². The van der Waals surface area contributed by atoms with Gasteiger partial charge in [0, 0.05) is 23.6 Å². The van der Waals surface area contributed by atoms with Crippen LogP contribution in [0.25, 0.3) is 10.1 Å². The van der Waals surface area contributed by atoms with Crippen LogP contribution in [0.15, 0.2) is 54.9 Å². The van der Waals surface area contributed by atoms with Gasteiger partial charge < -0.3 is 5.32 Å². The lowest BCUT2D eigenvalue weighted by Crippen LogP contribution is -2.09. The van der Waals surface area contributed by atoms with Gasteiger partial charge in [0.15, 0.2) is 0 Å². The minimum absolute atomic E-state index is 0.170. The summed E-state index contributed by atoms with van der Waals surface area (Å²) in [7, 11) is 0. The van der Waals surface area contributed by atoms with Gasteiger partial charge in [0.05, 0.1) is 4.88 Å². The van der Waals surface area contributed by atoms with Gasteiger partial charge in [-0.25, -0.2) is 0 Å². The molecule has 8 heteroatoms. The summed E-state index contributed by atoms with van der Waals surface area (Å²) in [5.74, 6) is -0.170. The minimum atomic E-state index is -0.170. The number of hydrogen-bond acceptors (Lipinski definition) is 7. The van der Waals surface area contributed by atoms with Crippen molar-refractivity contribution >= 4 is 48.9 Å². The zero-order chi connectivity index (χ0) is 17.1. The first-order valence-corrected chi connectivity index (χ1v) is 9.17. The van der Waals surface area contributed by atoms with Crippen LogP contribution in [0.4, 0.5) is 10.3 Å². The lowest BCUT2D eigenvalue weighted by Gasteiger charge is -2.00. The Morgan fingerprint density at radius 1 is 1.04 bits per heavy atom. The zero-order valence-electron chi connectivity index (χ0n) is 13.0. The molecule has 0 fully saturated rings. The number of carbonyl (C=O) groups excluding carboxylic acids is 1. The van der Waals surface area contributed by atoms with E-state index in [9.17, 15) is 4.79 Å². The Balaban J connectivity index is 1.41. The molecule has 0 unspecified atom stereocenters. The summed E-state index contributed by atoms with van der Waals surface area (Å²) in [5.41, 5.74) is 1.05. The van der Waals surface area contributed by atoms with Crippen molar-refractivity contribution in [1.82, 2.24) is 15.2 Å². The Hall–Kier alpha value is -2.84. The van der Waals surface area contributed by atoms with Crippen LogP contribution in [0.5, 0.6) is 0 Å². The first-order valence-electron chi connectivity index (χ1n) is 7.54. The molecular formula is C17H13N5OS2. The molecule has 0 bridgehead atoms. The molecule has 4 rings (SSSR count). The van der Waals surface area contributed by atoms with Crippen molar-refractivity contribution in [2.75, 3.05) is 10.6 Å². The summed E-state index contributed by atoms with van der Waals surface area (Å²) in [5, 5.41) is 16.2. The van der Waals surface area contributed by atoms with E-state index in [1.807, 2.05) is 42.5 Å². The molecule has 3 heterocycles. The predicted molar refractivity (Wildman–Crippen MR) is 101 cm³/mol. The maximum Gasteiger partial charge on any atom is 0.267 e. The van der Waals surface area contributed by atoms with Gasteiger partial charge in [-0.05, 0) is 29.1 Å². The number of fused-ring (bicyclic) bond motifs is 1. The quantitative estimate of drug-likeness (QED) is 0.557. The Morgan fingerprint density at radius 2 is 1.92 bits per heavy atom. The molecule has 1 aromatic carbocycles. The average molecular weight is 367 g/mol. The van der Waals surface area contributed by atoms with E-state index in [4.69, 9.17) is 0 Å². The van der Waals surface area contributed by atoms with Crippen molar-refractivity contribution in [3.8, 4) is 0 Å². The van der Waals surface area contributed by atoms with Crippen LogP contribution in [-0.4, -0.2) is 21.1 Å². The molecule has 0 saturated carbocycles. The number of anilines is 2. The fourth-order valence-corrected chi connectivity index (χ4v) is 3.87. The predicted octanol–water partition coefficient (Wildman–Crippen LogP) is 4.01. The number of pyridine rings is 1. The number of amides is 1. The highest BCUT2D eigenvalue weighted by Gasteiger charge is 2.13. The third-order valence-electron chi connectivity index (χ3n) is 3.46. The highest BCUT2D eigenvalue weighted by Crippen LogP contribution is 2.27. The summed E-state index contributed by atoms with van der Waals surface area (Å²) in [6.45, 7) is 0.604. The van der Waals surface area contributed by atoms with Crippen molar-refractivity contribution in [3.05, 3.63) is 65.3 Å². The number of rotatable bonds is 5. The fraction of sp³-hybridized carbons (Fsp3) is 0.0588. The number of thiophene rings is 1. The highest BCUT2D eigenvalue weighted by molar-refractivity contribution is 7.21. The third kappa shape index (κ3) is 3.65. The van der Waals surface area contributed by atoms with Crippen molar-refractivity contribution in [1.29, 1.82) is 0 Å². The largest absolute Gasteiger partial charge is 0.356 e. The molecule has 3 aromatic heterocycles. The van der Waals surface area contributed by atoms with Gasteiger partial charge >= 0.3 is 0 Å². The standard InChI is InChI=1S/C17H13N5OS2/c23-15(14-8-12-5-1-2-6-13(12)24-14)20-17-22-21-16(25-17)19-10-11-4-3-7-18-9-11/h1-9H,10H2,(H,19,21)(H,20,22,23). The SMILES string of the molecule is O=C(Nc1nnc(NCc2cccnc2)s1)c1cc2ccccc2s1. The number of benzene rings is 1. The molecule has 0 saturated heterocycles. The van der Waals surface area contributed by atoms with Crippen molar-refractivity contribution in [2.24, 2.45) is 0 Å².